The third-order valence-corrected chi connectivity index (χ3v) is 5.13. The van der Waals surface area contributed by atoms with Crippen molar-refractivity contribution in [3.05, 3.63) is 46.8 Å². The molecule has 3 rings (SSSR count). The maximum absolute atomic E-state index is 11.1. The van der Waals surface area contributed by atoms with Crippen molar-refractivity contribution < 1.29 is 24.2 Å². The molecule has 0 bridgehead atoms. The van der Waals surface area contributed by atoms with Crippen LogP contribution in [-0.4, -0.2) is 57.2 Å². The zero-order valence-corrected chi connectivity index (χ0v) is 19.4. The zero-order valence-electron chi connectivity index (χ0n) is 19.4. The summed E-state index contributed by atoms with van der Waals surface area (Å²) in [5, 5.41) is 29.6. The van der Waals surface area contributed by atoms with Gasteiger partial charge < -0.3 is 24.7 Å². The summed E-state index contributed by atoms with van der Waals surface area (Å²) in [6.45, 7) is 7.29. The molecule has 2 aromatic heterocycles. The standard InChI is InChI=1S/C24H30N4O5/c1-5-18-9-17(10-19(6-2)26-18)24-28-27-23(33-24)16-7-14(3)22(15(4)8-16)32-13-20(30)11-25-21(31)12-29/h7-10,20,29-30H,5-6,11-13H2,1-4H3,(H,25,31). The number of amides is 1. The van der Waals surface area contributed by atoms with Crippen molar-refractivity contribution in [1.29, 1.82) is 0 Å². The smallest absolute Gasteiger partial charge is 0.248 e. The van der Waals surface area contributed by atoms with Gasteiger partial charge in [-0.1, -0.05) is 13.8 Å². The molecule has 3 aromatic rings. The van der Waals surface area contributed by atoms with Crippen LogP contribution in [0.3, 0.4) is 0 Å². The summed E-state index contributed by atoms with van der Waals surface area (Å²) < 4.78 is 11.8. The number of aromatic nitrogens is 3. The Balaban J connectivity index is 1.75. The van der Waals surface area contributed by atoms with Crippen LogP contribution in [0.1, 0.15) is 36.4 Å². The molecule has 176 valence electrons. The molecule has 0 aliphatic heterocycles. The topological polar surface area (TPSA) is 131 Å². The molecule has 0 aliphatic rings. The van der Waals surface area contributed by atoms with Crippen LogP contribution in [0.25, 0.3) is 22.9 Å². The first-order valence-corrected chi connectivity index (χ1v) is 11.0. The normalized spacial score (nSPS) is 11.9. The Morgan fingerprint density at radius 1 is 1.03 bits per heavy atom. The van der Waals surface area contributed by atoms with Crippen molar-refractivity contribution in [3.8, 4) is 28.7 Å². The highest BCUT2D eigenvalue weighted by Gasteiger charge is 2.16. The number of hydrogen-bond acceptors (Lipinski definition) is 8. The Morgan fingerprint density at radius 2 is 1.58 bits per heavy atom. The van der Waals surface area contributed by atoms with Crippen LogP contribution in [0, 0.1) is 13.8 Å². The van der Waals surface area contributed by atoms with Gasteiger partial charge in [0.1, 0.15) is 25.1 Å². The maximum atomic E-state index is 11.1. The lowest BCUT2D eigenvalue weighted by Gasteiger charge is -2.16. The molecular weight excluding hydrogens is 424 g/mol. The Bertz CT molecular complexity index is 1070. The third kappa shape index (κ3) is 6.15. The third-order valence-electron chi connectivity index (χ3n) is 5.13. The summed E-state index contributed by atoms with van der Waals surface area (Å²) >= 11 is 0. The predicted molar refractivity (Wildman–Crippen MR) is 123 cm³/mol. The minimum absolute atomic E-state index is 0.000985. The fourth-order valence-corrected chi connectivity index (χ4v) is 3.42. The van der Waals surface area contributed by atoms with Crippen molar-refractivity contribution in [1.82, 2.24) is 20.5 Å². The fourth-order valence-electron chi connectivity index (χ4n) is 3.42. The van der Waals surface area contributed by atoms with E-state index in [-0.39, 0.29) is 13.2 Å². The fraction of sp³-hybridized carbons (Fsp3) is 0.417. The van der Waals surface area contributed by atoms with Crippen molar-refractivity contribution in [3.63, 3.8) is 0 Å². The van der Waals surface area contributed by atoms with Crippen molar-refractivity contribution in [2.45, 2.75) is 46.6 Å². The molecule has 0 fully saturated rings. The van der Waals surface area contributed by atoms with Crippen LogP contribution in [0.15, 0.2) is 28.7 Å². The Hall–Kier alpha value is -3.30. The van der Waals surface area contributed by atoms with Crippen LogP contribution in [-0.2, 0) is 17.6 Å². The van der Waals surface area contributed by atoms with Gasteiger partial charge in [0.05, 0.1) is 0 Å². The first kappa shape index (κ1) is 24.3. The molecular formula is C24H30N4O5. The molecule has 0 spiro atoms. The minimum Gasteiger partial charge on any atom is -0.490 e. The van der Waals surface area contributed by atoms with Gasteiger partial charge in [0.15, 0.2) is 0 Å². The highest BCUT2D eigenvalue weighted by molar-refractivity contribution is 5.76. The largest absolute Gasteiger partial charge is 0.490 e. The van der Waals surface area contributed by atoms with Crippen LogP contribution >= 0.6 is 0 Å². The van der Waals surface area contributed by atoms with Gasteiger partial charge in [-0.15, -0.1) is 10.2 Å². The van der Waals surface area contributed by atoms with Gasteiger partial charge in [0.25, 0.3) is 0 Å². The molecule has 33 heavy (non-hydrogen) atoms. The lowest BCUT2D eigenvalue weighted by atomic mass is 10.1. The summed E-state index contributed by atoms with van der Waals surface area (Å²) in [5.74, 6) is 0.941. The molecule has 0 radical (unpaired) electrons. The molecule has 0 saturated heterocycles. The van der Waals surface area contributed by atoms with Gasteiger partial charge >= 0.3 is 0 Å². The lowest BCUT2D eigenvalue weighted by molar-refractivity contribution is -0.124. The number of carbonyl (C=O) groups is 1. The van der Waals surface area contributed by atoms with E-state index in [1.807, 2.05) is 38.1 Å². The average molecular weight is 455 g/mol. The van der Waals surface area contributed by atoms with E-state index in [0.29, 0.717) is 17.5 Å². The number of ether oxygens (including phenoxy) is 1. The number of pyridine rings is 1. The van der Waals surface area contributed by atoms with E-state index >= 15 is 0 Å². The van der Waals surface area contributed by atoms with E-state index in [4.69, 9.17) is 14.3 Å². The second-order valence-electron chi connectivity index (χ2n) is 7.82. The Labute approximate surface area is 192 Å². The lowest BCUT2D eigenvalue weighted by Crippen LogP contribution is -2.36. The Kier molecular flexibility index (Phi) is 8.13. The number of benzene rings is 1. The number of aliphatic hydroxyl groups is 2. The molecule has 9 nitrogen and oxygen atoms in total. The van der Waals surface area contributed by atoms with E-state index in [1.165, 1.54) is 0 Å². The molecule has 3 N–H and O–H groups in total. The summed E-state index contributed by atoms with van der Waals surface area (Å²) in [6, 6.07) is 7.72. The first-order valence-electron chi connectivity index (χ1n) is 11.0. The van der Waals surface area contributed by atoms with Crippen LogP contribution in [0.5, 0.6) is 5.75 Å². The number of nitrogens with zero attached hydrogens (tertiary/aromatic N) is 3. The summed E-state index contributed by atoms with van der Waals surface area (Å²) in [6.07, 6.45) is 0.743. The van der Waals surface area contributed by atoms with E-state index in [9.17, 15) is 9.90 Å². The quantitative estimate of drug-likeness (QED) is 0.426. The minimum atomic E-state index is -0.904. The van der Waals surface area contributed by atoms with Crippen molar-refractivity contribution in [2.24, 2.45) is 0 Å². The second kappa shape index (κ2) is 11.0. The molecule has 1 atom stereocenters. The van der Waals surface area contributed by atoms with Crippen LogP contribution in [0.2, 0.25) is 0 Å². The molecule has 1 unspecified atom stereocenters. The van der Waals surface area contributed by atoms with Crippen LogP contribution < -0.4 is 10.1 Å². The molecule has 0 aliphatic carbocycles. The molecule has 1 amide bonds. The summed E-state index contributed by atoms with van der Waals surface area (Å²) in [4.78, 5) is 15.7. The number of aliphatic hydroxyl groups excluding tert-OH is 2. The monoisotopic (exact) mass is 454 g/mol. The summed E-state index contributed by atoms with van der Waals surface area (Å²) in [7, 11) is 0. The number of carbonyl (C=O) groups excluding carboxylic acids is 1. The number of aryl methyl sites for hydroxylation is 4. The zero-order chi connectivity index (χ0) is 24.0. The number of hydrogen-bond donors (Lipinski definition) is 3. The number of nitrogens with one attached hydrogen (secondary N) is 1. The van der Waals surface area contributed by atoms with Gasteiger partial charge in [0, 0.05) is 29.1 Å². The number of rotatable bonds is 10. The van der Waals surface area contributed by atoms with Gasteiger partial charge in [0.2, 0.25) is 17.7 Å². The highest BCUT2D eigenvalue weighted by Crippen LogP contribution is 2.31. The van der Waals surface area contributed by atoms with E-state index in [1.54, 1.807) is 0 Å². The maximum Gasteiger partial charge on any atom is 0.248 e. The molecule has 1 aromatic carbocycles. The Morgan fingerprint density at radius 3 is 2.09 bits per heavy atom. The molecule has 0 saturated carbocycles. The van der Waals surface area contributed by atoms with Crippen LogP contribution in [0.4, 0.5) is 0 Å². The average Bonchev–Trinajstić information content (AvgIpc) is 3.32. The first-order chi connectivity index (χ1) is 15.8. The van der Waals surface area contributed by atoms with E-state index < -0.39 is 18.6 Å². The molecule has 2 heterocycles. The SMILES string of the molecule is CCc1cc(-c2nnc(-c3cc(C)c(OCC(O)CNC(=O)CO)c(C)c3)o2)cc(CC)n1. The molecule has 9 heteroatoms. The predicted octanol–water partition coefficient (Wildman–Crippen LogP) is 2.39. The second-order valence-corrected chi connectivity index (χ2v) is 7.82. The van der Waals surface area contributed by atoms with Crippen molar-refractivity contribution in [2.75, 3.05) is 19.8 Å². The van der Waals surface area contributed by atoms with Crippen molar-refractivity contribution >= 4 is 5.91 Å². The highest BCUT2D eigenvalue weighted by atomic mass is 16.5. The van der Waals surface area contributed by atoms with E-state index in [0.717, 1.165) is 46.5 Å². The van der Waals surface area contributed by atoms with Gasteiger partial charge in [-0.05, 0) is 62.1 Å². The van der Waals surface area contributed by atoms with Gasteiger partial charge in [-0.3, -0.25) is 9.78 Å². The van der Waals surface area contributed by atoms with Gasteiger partial charge in [-0.2, -0.15) is 0 Å². The van der Waals surface area contributed by atoms with E-state index in [2.05, 4.69) is 34.3 Å². The van der Waals surface area contributed by atoms with Gasteiger partial charge in [-0.25, -0.2) is 0 Å². The summed E-state index contributed by atoms with van der Waals surface area (Å²) in [5.41, 5.74) is 5.29.